The molecular formula is C27H29F3N2S. The van der Waals surface area contributed by atoms with Gasteiger partial charge in [-0.1, -0.05) is 54.3 Å². The predicted molar refractivity (Wildman–Crippen MR) is 134 cm³/mol. The number of fused-ring (bicyclic) bond motifs is 1. The smallest absolute Gasteiger partial charge is 0.378 e. The number of halogens is 3. The third-order valence-corrected chi connectivity index (χ3v) is 7.85. The fourth-order valence-corrected chi connectivity index (χ4v) is 5.67. The molecule has 1 aliphatic rings. The van der Waals surface area contributed by atoms with Gasteiger partial charge >= 0.3 is 6.18 Å². The van der Waals surface area contributed by atoms with Crippen molar-refractivity contribution >= 4 is 27.4 Å². The SMILES string of the molecule is C/C=S(/Nc1cccc(C2CC(C)(C)c3cc(C(F)(F)F)ccc3N2)c1)c1ccc(C)cc1. The minimum Gasteiger partial charge on any atom is -0.378 e. The molecule has 6 heteroatoms. The van der Waals surface area contributed by atoms with Gasteiger partial charge in [-0.25, -0.2) is 0 Å². The van der Waals surface area contributed by atoms with Gasteiger partial charge in [0.1, 0.15) is 0 Å². The van der Waals surface area contributed by atoms with E-state index in [1.807, 2.05) is 19.9 Å². The van der Waals surface area contributed by atoms with E-state index in [1.54, 1.807) is 6.07 Å². The summed E-state index contributed by atoms with van der Waals surface area (Å²) < 4.78 is 43.4. The molecule has 2 atom stereocenters. The van der Waals surface area contributed by atoms with E-state index in [0.29, 0.717) is 12.0 Å². The molecule has 174 valence electrons. The molecule has 0 amide bonds. The minimum absolute atomic E-state index is 0.0118. The first-order valence-electron chi connectivity index (χ1n) is 11.0. The Kier molecular flexibility index (Phi) is 6.32. The largest absolute Gasteiger partial charge is 0.416 e. The molecule has 2 nitrogen and oxygen atoms in total. The van der Waals surface area contributed by atoms with Crippen LogP contribution in [-0.2, 0) is 11.6 Å². The van der Waals surface area contributed by atoms with Gasteiger partial charge in [-0.15, -0.1) is 0 Å². The zero-order valence-corrected chi connectivity index (χ0v) is 20.1. The van der Waals surface area contributed by atoms with E-state index in [4.69, 9.17) is 0 Å². The maximum absolute atomic E-state index is 13.2. The van der Waals surface area contributed by atoms with Gasteiger partial charge in [0.2, 0.25) is 0 Å². The number of anilines is 2. The lowest BCUT2D eigenvalue weighted by Crippen LogP contribution is -2.31. The summed E-state index contributed by atoms with van der Waals surface area (Å²) in [5, 5.41) is 5.64. The van der Waals surface area contributed by atoms with Gasteiger partial charge in [0.15, 0.2) is 0 Å². The summed E-state index contributed by atoms with van der Waals surface area (Å²) in [6, 6.07) is 20.9. The van der Waals surface area contributed by atoms with Crippen molar-refractivity contribution in [1.29, 1.82) is 0 Å². The Morgan fingerprint density at radius 1 is 1.03 bits per heavy atom. The van der Waals surface area contributed by atoms with Crippen molar-refractivity contribution < 1.29 is 13.2 Å². The standard InChI is InChI=1S/C27H29F3N2S/c1-5-33(22-12-9-18(2)10-13-22)32-21-8-6-7-19(15-21)25-17-26(3,4)23-16-20(27(28,29)30)11-14-24(23)31-25/h5-16,25,31-32H,17H2,1-4H3. The number of benzene rings is 3. The Bertz CT molecular complexity index is 1180. The fourth-order valence-electron chi connectivity index (χ4n) is 4.35. The second kappa shape index (κ2) is 8.90. The first-order chi connectivity index (χ1) is 15.6. The minimum atomic E-state index is -4.34. The maximum Gasteiger partial charge on any atom is 0.416 e. The quantitative estimate of drug-likeness (QED) is 0.375. The van der Waals surface area contributed by atoms with Gasteiger partial charge in [-0.05, 0) is 84.6 Å². The van der Waals surface area contributed by atoms with Crippen molar-refractivity contribution in [3.8, 4) is 0 Å². The highest BCUT2D eigenvalue weighted by atomic mass is 32.2. The van der Waals surface area contributed by atoms with Crippen LogP contribution in [0.4, 0.5) is 24.5 Å². The van der Waals surface area contributed by atoms with Crippen LogP contribution in [0.1, 0.15) is 55.5 Å². The molecule has 2 unspecified atom stereocenters. The Balaban J connectivity index is 1.59. The molecule has 2 N–H and O–H groups in total. The lowest BCUT2D eigenvalue weighted by molar-refractivity contribution is -0.137. The van der Waals surface area contributed by atoms with Crippen molar-refractivity contribution in [2.45, 2.75) is 56.6 Å². The summed E-state index contributed by atoms with van der Waals surface area (Å²) in [6.07, 6.45) is -3.64. The molecule has 0 aromatic heterocycles. The second-order valence-electron chi connectivity index (χ2n) is 9.16. The normalized spacial score (nSPS) is 18.3. The van der Waals surface area contributed by atoms with Crippen LogP contribution in [0.3, 0.4) is 0 Å². The van der Waals surface area contributed by atoms with Gasteiger partial charge in [0.25, 0.3) is 0 Å². The number of nitrogens with one attached hydrogen (secondary N) is 2. The van der Waals surface area contributed by atoms with Crippen LogP contribution < -0.4 is 10.0 Å². The first-order valence-corrected chi connectivity index (χ1v) is 12.3. The molecule has 4 rings (SSSR count). The summed E-state index contributed by atoms with van der Waals surface area (Å²) in [5.74, 6) is 0. The van der Waals surface area contributed by atoms with E-state index in [9.17, 15) is 13.2 Å². The van der Waals surface area contributed by atoms with Crippen molar-refractivity contribution in [1.82, 2.24) is 0 Å². The predicted octanol–water partition coefficient (Wildman–Crippen LogP) is 8.33. The average Bonchev–Trinajstić information content (AvgIpc) is 2.77. The van der Waals surface area contributed by atoms with Gasteiger partial charge < -0.3 is 10.0 Å². The van der Waals surface area contributed by atoms with Crippen LogP contribution in [0.5, 0.6) is 0 Å². The van der Waals surface area contributed by atoms with Crippen molar-refractivity contribution in [2.24, 2.45) is 0 Å². The molecule has 0 spiro atoms. The monoisotopic (exact) mass is 470 g/mol. The van der Waals surface area contributed by atoms with Crippen LogP contribution in [0.25, 0.3) is 0 Å². The summed E-state index contributed by atoms with van der Waals surface area (Å²) in [4.78, 5) is 1.22. The third kappa shape index (κ3) is 5.11. The third-order valence-electron chi connectivity index (χ3n) is 6.15. The van der Waals surface area contributed by atoms with E-state index in [-0.39, 0.29) is 22.1 Å². The van der Waals surface area contributed by atoms with Gasteiger partial charge in [-0.2, -0.15) is 13.2 Å². The molecule has 0 bridgehead atoms. The van der Waals surface area contributed by atoms with E-state index < -0.39 is 11.7 Å². The second-order valence-corrected chi connectivity index (χ2v) is 11.0. The van der Waals surface area contributed by atoms with Gasteiger partial charge in [-0.3, -0.25) is 0 Å². The number of alkyl halides is 3. The molecule has 1 heterocycles. The molecule has 0 radical (unpaired) electrons. The molecule has 0 fully saturated rings. The molecule has 3 aromatic rings. The number of rotatable bonds is 4. The zero-order chi connectivity index (χ0) is 23.8. The Labute approximate surface area is 196 Å². The van der Waals surface area contributed by atoms with Crippen LogP contribution >= 0.6 is 10.7 Å². The lowest BCUT2D eigenvalue weighted by atomic mass is 9.73. The lowest BCUT2D eigenvalue weighted by Gasteiger charge is -2.39. The van der Waals surface area contributed by atoms with Crippen molar-refractivity contribution in [3.63, 3.8) is 0 Å². The molecule has 0 saturated carbocycles. The maximum atomic E-state index is 13.2. The van der Waals surface area contributed by atoms with Crippen LogP contribution in [0.15, 0.2) is 71.6 Å². The fraction of sp³-hybridized carbons (Fsp3) is 0.296. The van der Waals surface area contributed by atoms with E-state index in [0.717, 1.165) is 23.0 Å². The highest BCUT2D eigenvalue weighted by Gasteiger charge is 2.37. The molecule has 1 aliphatic heterocycles. The number of hydrogen-bond donors (Lipinski definition) is 2. The summed E-state index contributed by atoms with van der Waals surface area (Å²) >= 11 is 0. The zero-order valence-electron chi connectivity index (χ0n) is 19.3. The van der Waals surface area contributed by atoms with Crippen LogP contribution in [-0.4, -0.2) is 5.37 Å². The highest BCUT2D eigenvalue weighted by molar-refractivity contribution is 8.16. The Morgan fingerprint density at radius 2 is 1.76 bits per heavy atom. The van der Waals surface area contributed by atoms with E-state index in [1.165, 1.54) is 16.5 Å². The van der Waals surface area contributed by atoms with Crippen molar-refractivity contribution in [2.75, 3.05) is 10.0 Å². The summed E-state index contributed by atoms with van der Waals surface area (Å²) in [6.45, 7) is 8.16. The number of hydrogen-bond acceptors (Lipinski definition) is 2. The molecular weight excluding hydrogens is 441 g/mol. The summed E-state index contributed by atoms with van der Waals surface area (Å²) in [7, 11) is -0.232. The van der Waals surface area contributed by atoms with E-state index in [2.05, 4.69) is 71.7 Å². The van der Waals surface area contributed by atoms with Gasteiger partial charge in [0.05, 0.1) is 11.6 Å². The average molecular weight is 471 g/mol. The first kappa shape index (κ1) is 23.4. The van der Waals surface area contributed by atoms with Crippen LogP contribution in [0.2, 0.25) is 0 Å². The Morgan fingerprint density at radius 3 is 2.42 bits per heavy atom. The topological polar surface area (TPSA) is 24.1 Å². The molecule has 0 aliphatic carbocycles. The molecule has 33 heavy (non-hydrogen) atoms. The molecule has 3 aromatic carbocycles. The number of aryl methyl sites for hydroxylation is 1. The van der Waals surface area contributed by atoms with Gasteiger partial charge in [0, 0.05) is 16.3 Å². The Hall–Kier alpha value is -2.73. The highest BCUT2D eigenvalue weighted by Crippen LogP contribution is 2.46. The van der Waals surface area contributed by atoms with E-state index >= 15 is 0 Å². The van der Waals surface area contributed by atoms with Crippen LogP contribution in [0, 0.1) is 6.92 Å². The molecule has 0 saturated heterocycles. The summed E-state index contributed by atoms with van der Waals surface area (Å²) in [5.41, 5.74) is 3.86. The van der Waals surface area contributed by atoms with Crippen molar-refractivity contribution in [3.05, 3.63) is 89.0 Å².